The first-order chi connectivity index (χ1) is 9.45. The zero-order valence-electron chi connectivity index (χ0n) is 14.3. The largest absolute Gasteiger partial charge is 0.381 e. The Bertz CT molecular complexity index is 379. The van der Waals surface area contributed by atoms with E-state index in [-0.39, 0.29) is 0 Å². The first-order valence-corrected chi connectivity index (χ1v) is 8.03. The van der Waals surface area contributed by atoms with E-state index in [2.05, 4.69) is 46.8 Å². The zero-order chi connectivity index (χ0) is 15.1. The van der Waals surface area contributed by atoms with Crippen LogP contribution < -0.4 is 0 Å². The molecule has 114 valence electrons. The highest BCUT2D eigenvalue weighted by Crippen LogP contribution is 2.27. The normalized spacial score (nSPS) is 17.3. The van der Waals surface area contributed by atoms with Crippen LogP contribution in [0.25, 0.3) is 0 Å². The van der Waals surface area contributed by atoms with Crippen LogP contribution in [0.4, 0.5) is 0 Å². The quantitative estimate of drug-likeness (QED) is 0.691. The average molecular weight is 276 g/mol. The van der Waals surface area contributed by atoms with Crippen LogP contribution in [0, 0.1) is 33.6 Å². The summed E-state index contributed by atoms with van der Waals surface area (Å²) in [7, 11) is 1.82. The fourth-order valence-electron chi connectivity index (χ4n) is 3.05. The van der Waals surface area contributed by atoms with Gasteiger partial charge in [-0.15, -0.1) is 0 Å². The van der Waals surface area contributed by atoms with Crippen molar-refractivity contribution in [1.29, 1.82) is 0 Å². The van der Waals surface area contributed by atoms with Gasteiger partial charge in [-0.25, -0.2) is 0 Å². The van der Waals surface area contributed by atoms with Crippen molar-refractivity contribution in [2.24, 2.45) is 5.92 Å². The molecule has 0 spiro atoms. The number of hydrogen-bond acceptors (Lipinski definition) is 1. The maximum atomic E-state index is 5.29. The Morgan fingerprint density at radius 3 is 1.90 bits per heavy atom. The molecule has 1 aromatic carbocycles. The highest BCUT2D eigenvalue weighted by molar-refractivity contribution is 5.36. The van der Waals surface area contributed by atoms with Gasteiger partial charge in [0.15, 0.2) is 0 Å². The molecule has 1 aliphatic rings. The molecule has 1 aromatic rings. The molecule has 1 heteroatoms. The first-order valence-electron chi connectivity index (χ1n) is 8.03. The van der Waals surface area contributed by atoms with Crippen LogP contribution in [0.1, 0.15) is 61.3 Å². The Morgan fingerprint density at radius 2 is 1.45 bits per heavy atom. The number of methoxy groups -OCH3 is 1. The molecule has 1 nitrogen and oxygen atoms in total. The summed E-state index contributed by atoms with van der Waals surface area (Å²) in [5.74, 6) is 0.846. The topological polar surface area (TPSA) is 9.23 Å². The van der Waals surface area contributed by atoms with Gasteiger partial charge in [0.1, 0.15) is 0 Å². The van der Waals surface area contributed by atoms with Crippen LogP contribution in [-0.2, 0) is 4.74 Å². The maximum Gasteiger partial charge on any atom is 0.0571 e. The van der Waals surface area contributed by atoms with Gasteiger partial charge in [0.05, 0.1) is 6.10 Å². The molecule has 1 atom stereocenters. The van der Waals surface area contributed by atoms with Crippen molar-refractivity contribution >= 4 is 0 Å². The van der Waals surface area contributed by atoms with Crippen molar-refractivity contribution < 1.29 is 4.74 Å². The zero-order valence-corrected chi connectivity index (χ0v) is 14.3. The van der Waals surface area contributed by atoms with Crippen LogP contribution in [-0.4, -0.2) is 13.2 Å². The predicted octanol–water partition coefficient (Wildman–Crippen LogP) is 5.52. The van der Waals surface area contributed by atoms with Crippen LogP contribution in [0.2, 0.25) is 0 Å². The van der Waals surface area contributed by atoms with Gasteiger partial charge in [-0.2, -0.15) is 0 Å². The van der Waals surface area contributed by atoms with Crippen molar-refractivity contribution in [2.75, 3.05) is 7.11 Å². The standard InChI is InChI=1S/C10H14.C9H18O/c1-7-5-8(2)10(4)9(3)6-7;1-8(10-2)9-6-4-3-5-7-9/h5-6H,1-4H3;8-9H,3-7H2,1-2H3. The van der Waals surface area contributed by atoms with E-state index in [1.54, 1.807) is 0 Å². The minimum Gasteiger partial charge on any atom is -0.381 e. The first kappa shape index (κ1) is 17.2. The van der Waals surface area contributed by atoms with Gasteiger partial charge in [0.2, 0.25) is 0 Å². The molecule has 1 fully saturated rings. The van der Waals surface area contributed by atoms with E-state index >= 15 is 0 Å². The van der Waals surface area contributed by atoms with Crippen molar-refractivity contribution in [3.8, 4) is 0 Å². The molecule has 0 radical (unpaired) electrons. The highest BCUT2D eigenvalue weighted by atomic mass is 16.5. The molecule has 1 aliphatic carbocycles. The Hall–Kier alpha value is -0.820. The summed E-state index contributed by atoms with van der Waals surface area (Å²) in [6, 6.07) is 4.45. The number of rotatable bonds is 2. The van der Waals surface area contributed by atoms with Crippen LogP contribution in [0.5, 0.6) is 0 Å². The third-order valence-electron chi connectivity index (χ3n) is 4.76. The number of aryl methyl sites for hydroxylation is 3. The molecule has 0 heterocycles. The van der Waals surface area contributed by atoms with Gasteiger partial charge in [-0.1, -0.05) is 37.0 Å². The molecule has 0 aromatic heterocycles. The third-order valence-corrected chi connectivity index (χ3v) is 4.76. The Balaban J connectivity index is 0.000000200. The van der Waals surface area contributed by atoms with E-state index in [1.807, 2.05) is 7.11 Å². The molecule has 0 N–H and O–H groups in total. The summed E-state index contributed by atoms with van der Waals surface area (Å²) >= 11 is 0. The lowest BCUT2D eigenvalue weighted by atomic mass is 9.86. The van der Waals surface area contributed by atoms with Gasteiger partial charge in [-0.05, 0) is 70.1 Å². The molecular weight excluding hydrogens is 244 g/mol. The molecule has 0 bridgehead atoms. The van der Waals surface area contributed by atoms with Crippen molar-refractivity contribution in [3.05, 3.63) is 34.4 Å². The van der Waals surface area contributed by atoms with Crippen LogP contribution in [0.3, 0.4) is 0 Å². The van der Waals surface area contributed by atoms with E-state index in [4.69, 9.17) is 4.74 Å². The monoisotopic (exact) mass is 276 g/mol. The van der Waals surface area contributed by atoms with E-state index in [1.165, 1.54) is 54.4 Å². The van der Waals surface area contributed by atoms with Gasteiger partial charge in [-0.3, -0.25) is 0 Å². The molecule has 20 heavy (non-hydrogen) atoms. The number of benzene rings is 1. The maximum absolute atomic E-state index is 5.29. The molecular formula is C19H32O. The fraction of sp³-hybridized carbons (Fsp3) is 0.684. The Kier molecular flexibility index (Phi) is 7.29. The summed E-state index contributed by atoms with van der Waals surface area (Å²) in [5, 5.41) is 0. The minimum atomic E-state index is 0.486. The van der Waals surface area contributed by atoms with Crippen molar-refractivity contribution in [2.45, 2.75) is 72.8 Å². The smallest absolute Gasteiger partial charge is 0.0571 e. The second kappa shape index (κ2) is 8.46. The average Bonchev–Trinajstić information content (AvgIpc) is 2.45. The minimum absolute atomic E-state index is 0.486. The summed E-state index contributed by atoms with van der Waals surface area (Å²) in [6.07, 6.45) is 7.52. The lowest BCUT2D eigenvalue weighted by Gasteiger charge is -2.26. The summed E-state index contributed by atoms with van der Waals surface area (Å²) < 4.78 is 5.29. The highest BCUT2D eigenvalue weighted by Gasteiger charge is 2.18. The number of ether oxygens (including phenoxy) is 1. The van der Waals surface area contributed by atoms with Crippen LogP contribution >= 0.6 is 0 Å². The Morgan fingerprint density at radius 1 is 0.950 bits per heavy atom. The fourth-order valence-corrected chi connectivity index (χ4v) is 3.05. The third kappa shape index (κ3) is 5.28. The van der Waals surface area contributed by atoms with Crippen molar-refractivity contribution in [1.82, 2.24) is 0 Å². The van der Waals surface area contributed by atoms with Crippen LogP contribution in [0.15, 0.2) is 12.1 Å². The summed E-state index contributed by atoms with van der Waals surface area (Å²) in [5.41, 5.74) is 5.58. The molecule has 2 rings (SSSR count). The molecule has 0 amide bonds. The van der Waals surface area contributed by atoms with Gasteiger partial charge in [0, 0.05) is 7.11 Å². The summed E-state index contributed by atoms with van der Waals surface area (Å²) in [4.78, 5) is 0. The predicted molar refractivity (Wildman–Crippen MR) is 88.4 cm³/mol. The van der Waals surface area contributed by atoms with Gasteiger partial charge in [0.25, 0.3) is 0 Å². The lowest BCUT2D eigenvalue weighted by Crippen LogP contribution is -2.21. The lowest BCUT2D eigenvalue weighted by molar-refractivity contribution is 0.0507. The Labute approximate surface area is 125 Å². The van der Waals surface area contributed by atoms with Crippen molar-refractivity contribution in [3.63, 3.8) is 0 Å². The second-order valence-electron chi connectivity index (χ2n) is 6.36. The second-order valence-corrected chi connectivity index (χ2v) is 6.36. The molecule has 1 saturated carbocycles. The molecule has 0 aliphatic heterocycles. The molecule has 1 unspecified atom stereocenters. The van der Waals surface area contributed by atoms with E-state index in [0.29, 0.717) is 6.10 Å². The van der Waals surface area contributed by atoms with Gasteiger partial charge < -0.3 is 4.74 Å². The van der Waals surface area contributed by atoms with E-state index in [9.17, 15) is 0 Å². The van der Waals surface area contributed by atoms with E-state index in [0.717, 1.165) is 5.92 Å². The van der Waals surface area contributed by atoms with E-state index < -0.39 is 0 Å². The SMILES string of the molecule is COC(C)C1CCCCC1.Cc1cc(C)c(C)c(C)c1. The molecule has 0 saturated heterocycles. The number of hydrogen-bond donors (Lipinski definition) is 0. The summed E-state index contributed by atoms with van der Waals surface area (Å²) in [6.45, 7) is 10.8. The van der Waals surface area contributed by atoms with Gasteiger partial charge >= 0.3 is 0 Å².